The summed E-state index contributed by atoms with van der Waals surface area (Å²) in [7, 11) is 0. The number of anilines is 2. The Morgan fingerprint density at radius 1 is 1.00 bits per heavy atom. The van der Waals surface area contributed by atoms with Crippen molar-refractivity contribution in [1.82, 2.24) is 9.80 Å². The summed E-state index contributed by atoms with van der Waals surface area (Å²) in [4.78, 5) is 56.0. The zero-order valence-corrected chi connectivity index (χ0v) is 21.8. The maximum absolute atomic E-state index is 13.1. The average Bonchev–Trinajstić information content (AvgIpc) is 2.97. The summed E-state index contributed by atoms with van der Waals surface area (Å²) in [6.07, 6.45) is 0.455. The van der Waals surface area contributed by atoms with Gasteiger partial charge in [0.2, 0.25) is 0 Å². The largest absolute Gasteiger partial charge is 0.450 e. The van der Waals surface area contributed by atoms with Crippen LogP contribution in [0, 0.1) is 10.1 Å². The van der Waals surface area contributed by atoms with Crippen molar-refractivity contribution in [3.8, 4) is 0 Å². The summed E-state index contributed by atoms with van der Waals surface area (Å²) in [6.45, 7) is 4.63. The predicted molar refractivity (Wildman–Crippen MR) is 142 cm³/mol. The molecule has 0 saturated carbocycles. The number of nitrogens with zero attached hydrogens (tertiary/aromatic N) is 5. The Labute approximate surface area is 225 Å². The molecule has 206 valence electrons. The standard InChI is InChI=1S/C27H31N5O7/c1-2-38-26(34)30-15-13-29(14-16-30)25(33)19-7-8-23(24(17-19)32(36)37)28-11-9-21(10-12-28)31-22-6-4-3-5-20(22)18-39-27(31)35/h3-8,17,21H,2,9-16,18H2,1H3. The summed E-state index contributed by atoms with van der Waals surface area (Å²) in [5.41, 5.74) is 2.36. The number of nitro benzene ring substituents is 1. The molecule has 0 radical (unpaired) electrons. The third-order valence-corrected chi connectivity index (χ3v) is 7.48. The van der Waals surface area contributed by atoms with E-state index in [1.807, 2.05) is 29.2 Å². The van der Waals surface area contributed by atoms with Crippen molar-refractivity contribution in [2.45, 2.75) is 32.4 Å². The molecule has 2 fully saturated rings. The first-order valence-corrected chi connectivity index (χ1v) is 13.2. The van der Waals surface area contributed by atoms with E-state index in [-0.39, 0.29) is 42.5 Å². The molecule has 12 heteroatoms. The van der Waals surface area contributed by atoms with E-state index in [4.69, 9.17) is 9.47 Å². The average molecular weight is 538 g/mol. The van der Waals surface area contributed by atoms with Gasteiger partial charge in [-0.3, -0.25) is 19.8 Å². The Balaban J connectivity index is 1.26. The Morgan fingerprint density at radius 2 is 1.69 bits per heavy atom. The van der Waals surface area contributed by atoms with Gasteiger partial charge in [0.25, 0.3) is 11.6 Å². The van der Waals surface area contributed by atoms with Gasteiger partial charge in [0.15, 0.2) is 0 Å². The Morgan fingerprint density at radius 3 is 2.38 bits per heavy atom. The number of nitro groups is 1. The van der Waals surface area contributed by atoms with Crippen LogP contribution >= 0.6 is 0 Å². The van der Waals surface area contributed by atoms with Crippen molar-refractivity contribution >= 4 is 35.2 Å². The van der Waals surface area contributed by atoms with Crippen LogP contribution in [-0.2, 0) is 16.1 Å². The van der Waals surface area contributed by atoms with E-state index in [2.05, 4.69) is 0 Å². The van der Waals surface area contributed by atoms with Crippen LogP contribution in [0.3, 0.4) is 0 Å². The number of para-hydroxylation sites is 1. The number of cyclic esters (lactones) is 1. The molecule has 5 rings (SSSR count). The fraction of sp³-hybridized carbons (Fsp3) is 0.444. The molecule has 0 aromatic heterocycles. The number of benzene rings is 2. The minimum Gasteiger partial charge on any atom is -0.450 e. The highest BCUT2D eigenvalue weighted by Gasteiger charge is 2.35. The van der Waals surface area contributed by atoms with E-state index in [0.717, 1.165) is 11.3 Å². The monoisotopic (exact) mass is 537 g/mol. The zero-order valence-electron chi connectivity index (χ0n) is 21.8. The van der Waals surface area contributed by atoms with Gasteiger partial charge < -0.3 is 24.2 Å². The molecule has 0 bridgehead atoms. The third kappa shape index (κ3) is 5.31. The van der Waals surface area contributed by atoms with Crippen molar-refractivity contribution in [3.05, 3.63) is 63.7 Å². The molecule has 0 unspecified atom stereocenters. The SMILES string of the molecule is CCOC(=O)N1CCN(C(=O)c2ccc(N3CCC(N4C(=O)OCc5ccccc54)CC3)c([N+](=O)[O-])c2)CC1. The van der Waals surface area contributed by atoms with Gasteiger partial charge in [-0.05, 0) is 38.0 Å². The molecule has 39 heavy (non-hydrogen) atoms. The zero-order chi connectivity index (χ0) is 27.5. The van der Waals surface area contributed by atoms with Crippen LogP contribution in [0.25, 0.3) is 0 Å². The molecule has 12 nitrogen and oxygen atoms in total. The molecular weight excluding hydrogens is 506 g/mol. The molecule has 3 amide bonds. The van der Waals surface area contributed by atoms with Crippen molar-refractivity contribution in [2.75, 3.05) is 55.7 Å². The van der Waals surface area contributed by atoms with Gasteiger partial charge >= 0.3 is 12.2 Å². The number of hydrogen-bond acceptors (Lipinski definition) is 8. The van der Waals surface area contributed by atoms with Crippen LogP contribution in [0.1, 0.15) is 35.7 Å². The van der Waals surface area contributed by atoms with E-state index < -0.39 is 11.0 Å². The van der Waals surface area contributed by atoms with Gasteiger partial charge in [-0.15, -0.1) is 0 Å². The second-order valence-electron chi connectivity index (χ2n) is 9.71. The molecule has 3 aliphatic rings. The minimum atomic E-state index is -0.463. The lowest BCUT2D eigenvalue weighted by atomic mass is 9.99. The summed E-state index contributed by atoms with van der Waals surface area (Å²) in [5.74, 6) is -0.311. The van der Waals surface area contributed by atoms with Gasteiger partial charge in [-0.1, -0.05) is 18.2 Å². The highest BCUT2D eigenvalue weighted by molar-refractivity contribution is 5.96. The Kier molecular flexibility index (Phi) is 7.53. The Bertz CT molecular complexity index is 1270. The number of piperidine rings is 1. The normalized spacial score (nSPS) is 17.9. The van der Waals surface area contributed by atoms with Crippen LogP contribution < -0.4 is 9.80 Å². The number of carbonyl (C=O) groups excluding carboxylic acids is 3. The summed E-state index contributed by atoms with van der Waals surface area (Å²) >= 11 is 0. The van der Waals surface area contributed by atoms with Crippen molar-refractivity contribution in [2.24, 2.45) is 0 Å². The first-order chi connectivity index (χ1) is 18.9. The molecule has 0 spiro atoms. The van der Waals surface area contributed by atoms with Gasteiger partial charge in [-0.25, -0.2) is 9.59 Å². The molecule has 2 saturated heterocycles. The number of hydrogen-bond donors (Lipinski definition) is 0. The number of fused-ring (bicyclic) bond motifs is 1. The second-order valence-corrected chi connectivity index (χ2v) is 9.71. The molecule has 0 atom stereocenters. The van der Waals surface area contributed by atoms with Gasteiger partial charge in [-0.2, -0.15) is 0 Å². The molecule has 0 aliphatic carbocycles. The van der Waals surface area contributed by atoms with Crippen LogP contribution in [0.4, 0.5) is 26.7 Å². The van der Waals surface area contributed by atoms with Crippen LogP contribution in [-0.4, -0.2) is 84.7 Å². The van der Waals surface area contributed by atoms with Crippen LogP contribution in [0.2, 0.25) is 0 Å². The topological polar surface area (TPSA) is 126 Å². The van der Waals surface area contributed by atoms with Crippen LogP contribution in [0.5, 0.6) is 0 Å². The highest BCUT2D eigenvalue weighted by Crippen LogP contribution is 2.35. The first-order valence-electron chi connectivity index (χ1n) is 13.2. The summed E-state index contributed by atoms with van der Waals surface area (Å²) in [6, 6.07) is 12.2. The molecule has 2 aromatic carbocycles. The van der Waals surface area contributed by atoms with Crippen molar-refractivity contribution in [1.29, 1.82) is 0 Å². The predicted octanol–water partition coefficient (Wildman–Crippen LogP) is 3.63. The van der Waals surface area contributed by atoms with Crippen molar-refractivity contribution in [3.63, 3.8) is 0 Å². The van der Waals surface area contributed by atoms with E-state index in [0.29, 0.717) is 57.8 Å². The lowest BCUT2D eigenvalue weighted by Crippen LogP contribution is -2.50. The third-order valence-electron chi connectivity index (χ3n) is 7.48. The molecule has 3 heterocycles. The van der Waals surface area contributed by atoms with E-state index in [1.165, 1.54) is 6.07 Å². The minimum absolute atomic E-state index is 0.0802. The number of ether oxygens (including phenoxy) is 2. The summed E-state index contributed by atoms with van der Waals surface area (Å²) < 4.78 is 10.4. The van der Waals surface area contributed by atoms with Gasteiger partial charge in [0.05, 0.1) is 17.2 Å². The number of amides is 3. The van der Waals surface area contributed by atoms with Gasteiger partial charge in [0, 0.05) is 62.5 Å². The molecule has 0 N–H and O–H groups in total. The molecule has 2 aromatic rings. The molecule has 3 aliphatic heterocycles. The van der Waals surface area contributed by atoms with Crippen LogP contribution in [0.15, 0.2) is 42.5 Å². The number of piperazine rings is 1. The maximum atomic E-state index is 13.1. The Hall–Kier alpha value is -4.35. The number of carbonyl (C=O) groups is 3. The second kappa shape index (κ2) is 11.2. The van der Waals surface area contributed by atoms with E-state index in [9.17, 15) is 24.5 Å². The quantitative estimate of drug-likeness (QED) is 0.418. The van der Waals surface area contributed by atoms with Crippen molar-refractivity contribution < 1.29 is 28.8 Å². The van der Waals surface area contributed by atoms with E-state index >= 15 is 0 Å². The smallest absolute Gasteiger partial charge is 0.414 e. The summed E-state index contributed by atoms with van der Waals surface area (Å²) in [5, 5.41) is 12.0. The molecular formula is C27H31N5O7. The number of rotatable bonds is 5. The lowest BCUT2D eigenvalue weighted by Gasteiger charge is -2.40. The first kappa shape index (κ1) is 26.3. The lowest BCUT2D eigenvalue weighted by molar-refractivity contribution is -0.384. The highest BCUT2D eigenvalue weighted by atomic mass is 16.6. The fourth-order valence-corrected chi connectivity index (χ4v) is 5.45. The maximum Gasteiger partial charge on any atom is 0.414 e. The van der Waals surface area contributed by atoms with Gasteiger partial charge in [0.1, 0.15) is 12.3 Å². The fourth-order valence-electron chi connectivity index (χ4n) is 5.45. The van der Waals surface area contributed by atoms with E-state index in [1.54, 1.807) is 33.8 Å².